The van der Waals surface area contributed by atoms with Gasteiger partial charge in [-0.2, -0.15) is 0 Å². The third-order valence-electron chi connectivity index (χ3n) is 2.46. The molecule has 0 saturated carbocycles. The summed E-state index contributed by atoms with van der Waals surface area (Å²) >= 11 is 1.23. The van der Waals surface area contributed by atoms with Crippen molar-refractivity contribution < 1.29 is 14.3 Å². The fourth-order valence-corrected chi connectivity index (χ4v) is 2.14. The Morgan fingerprint density at radius 2 is 1.95 bits per heavy atom. The third-order valence-corrected chi connectivity index (χ3v) is 3.58. The van der Waals surface area contributed by atoms with Crippen molar-refractivity contribution in [3.05, 3.63) is 24.3 Å². The molecule has 1 atom stereocenters. The molecule has 1 aromatic carbocycles. The van der Waals surface area contributed by atoms with Crippen LogP contribution in [0.1, 0.15) is 27.7 Å². The van der Waals surface area contributed by atoms with Crippen LogP contribution in [0.25, 0.3) is 0 Å². The smallest absolute Gasteiger partial charge is 0.316 e. The fourth-order valence-electron chi connectivity index (χ4n) is 1.48. The van der Waals surface area contributed by atoms with Gasteiger partial charge in [0.1, 0.15) is 5.60 Å². The molecule has 0 fully saturated rings. The Hall–Kier alpha value is -1.69. The van der Waals surface area contributed by atoms with Crippen LogP contribution >= 0.6 is 11.8 Å². The second kappa shape index (κ2) is 7.36. The number of hydrogen-bond acceptors (Lipinski definition) is 5. The lowest BCUT2D eigenvalue weighted by Crippen LogP contribution is -2.27. The van der Waals surface area contributed by atoms with Crippen LogP contribution in [0.2, 0.25) is 0 Å². The van der Waals surface area contributed by atoms with Gasteiger partial charge in [-0.3, -0.25) is 9.59 Å². The molecule has 0 aliphatic heterocycles. The molecular formula is C15H22N2O3S. The van der Waals surface area contributed by atoms with Crippen LogP contribution < -0.4 is 11.1 Å². The van der Waals surface area contributed by atoms with E-state index in [0.717, 1.165) is 0 Å². The van der Waals surface area contributed by atoms with E-state index in [1.807, 2.05) is 20.8 Å². The molecule has 1 aromatic rings. The molecule has 1 rings (SSSR count). The summed E-state index contributed by atoms with van der Waals surface area (Å²) in [5.41, 5.74) is 6.34. The van der Waals surface area contributed by atoms with Gasteiger partial charge < -0.3 is 15.8 Å². The molecule has 3 N–H and O–H groups in total. The average Bonchev–Trinajstić information content (AvgIpc) is 2.36. The maximum absolute atomic E-state index is 12.0. The number of nitrogens with one attached hydrogen (secondary N) is 1. The molecule has 1 amide bonds. The minimum atomic E-state index is -0.512. The Labute approximate surface area is 129 Å². The quantitative estimate of drug-likeness (QED) is 0.645. The standard InChI is InChI=1S/C15H22N2O3S/c1-10(21-9-13(18)20-15(2,3)4)14(19)17-12-8-6-5-7-11(12)16/h5-8,10H,9,16H2,1-4H3,(H,17,19). The number of thioether (sulfide) groups is 1. The Kier molecular flexibility index (Phi) is 6.08. The van der Waals surface area contributed by atoms with Gasteiger partial charge in [-0.1, -0.05) is 12.1 Å². The average molecular weight is 310 g/mol. The zero-order valence-electron chi connectivity index (χ0n) is 12.8. The predicted octanol–water partition coefficient (Wildman–Crippen LogP) is 2.67. The zero-order valence-corrected chi connectivity index (χ0v) is 13.6. The highest BCUT2D eigenvalue weighted by molar-refractivity contribution is 8.01. The fraction of sp³-hybridized carbons (Fsp3) is 0.467. The van der Waals surface area contributed by atoms with Crippen molar-refractivity contribution >= 4 is 35.0 Å². The molecule has 5 nitrogen and oxygen atoms in total. The van der Waals surface area contributed by atoms with Gasteiger partial charge in [-0.15, -0.1) is 11.8 Å². The first-order valence-electron chi connectivity index (χ1n) is 6.68. The summed E-state index contributed by atoms with van der Waals surface area (Å²) in [7, 11) is 0. The van der Waals surface area contributed by atoms with E-state index in [4.69, 9.17) is 10.5 Å². The highest BCUT2D eigenvalue weighted by atomic mass is 32.2. The molecule has 0 aliphatic rings. The first-order chi connectivity index (χ1) is 9.69. The molecule has 0 aromatic heterocycles. The SMILES string of the molecule is CC(SCC(=O)OC(C)(C)C)C(=O)Nc1ccccc1N. The second-order valence-electron chi connectivity index (χ2n) is 5.62. The van der Waals surface area contributed by atoms with Crippen LogP contribution in [-0.4, -0.2) is 28.5 Å². The number of carbonyl (C=O) groups excluding carboxylic acids is 2. The number of benzene rings is 1. The molecular weight excluding hydrogens is 288 g/mol. The van der Waals surface area contributed by atoms with Crippen LogP contribution in [0, 0.1) is 0 Å². The van der Waals surface area contributed by atoms with E-state index in [2.05, 4.69) is 5.32 Å². The molecule has 0 heterocycles. The van der Waals surface area contributed by atoms with Crippen LogP contribution in [0.3, 0.4) is 0 Å². The van der Waals surface area contributed by atoms with Crippen molar-refractivity contribution in [3.8, 4) is 0 Å². The lowest BCUT2D eigenvalue weighted by atomic mass is 10.2. The lowest BCUT2D eigenvalue weighted by Gasteiger charge is -2.20. The number of carbonyl (C=O) groups is 2. The normalized spacial score (nSPS) is 12.6. The number of nitrogens with two attached hydrogens (primary N) is 1. The molecule has 6 heteroatoms. The van der Waals surface area contributed by atoms with Crippen LogP contribution in [-0.2, 0) is 14.3 Å². The van der Waals surface area contributed by atoms with Crippen molar-refractivity contribution in [1.82, 2.24) is 0 Å². The summed E-state index contributed by atoms with van der Waals surface area (Å²) in [6, 6.07) is 7.04. The van der Waals surface area contributed by atoms with E-state index < -0.39 is 5.60 Å². The van der Waals surface area contributed by atoms with Gasteiger partial charge >= 0.3 is 5.97 Å². The Bertz CT molecular complexity index is 512. The van der Waals surface area contributed by atoms with E-state index >= 15 is 0 Å². The minimum absolute atomic E-state index is 0.135. The van der Waals surface area contributed by atoms with Crippen molar-refractivity contribution in [2.24, 2.45) is 0 Å². The van der Waals surface area contributed by atoms with E-state index in [1.165, 1.54) is 11.8 Å². The van der Waals surface area contributed by atoms with Crippen LogP contribution in [0.4, 0.5) is 11.4 Å². The highest BCUT2D eigenvalue weighted by Gasteiger charge is 2.20. The van der Waals surface area contributed by atoms with Crippen molar-refractivity contribution in [1.29, 1.82) is 0 Å². The summed E-state index contributed by atoms with van der Waals surface area (Å²) in [6.07, 6.45) is 0. The molecule has 0 bridgehead atoms. The first-order valence-corrected chi connectivity index (χ1v) is 7.73. The molecule has 0 aliphatic carbocycles. The monoisotopic (exact) mass is 310 g/mol. The summed E-state index contributed by atoms with van der Waals surface area (Å²) in [6.45, 7) is 7.17. The number of esters is 1. The van der Waals surface area contributed by atoms with Crippen LogP contribution in [0.15, 0.2) is 24.3 Å². The van der Waals surface area contributed by atoms with Crippen LogP contribution in [0.5, 0.6) is 0 Å². The number of nitrogen functional groups attached to an aromatic ring is 1. The summed E-state index contributed by atoms with van der Waals surface area (Å²) in [4.78, 5) is 23.6. The number of anilines is 2. The highest BCUT2D eigenvalue weighted by Crippen LogP contribution is 2.20. The van der Waals surface area contributed by atoms with Gasteiger partial charge in [0, 0.05) is 0 Å². The summed E-state index contributed by atoms with van der Waals surface area (Å²) in [5.74, 6) is -0.385. The number of ether oxygens (including phenoxy) is 1. The predicted molar refractivity (Wildman–Crippen MR) is 87.2 cm³/mol. The third kappa shape index (κ3) is 6.53. The maximum atomic E-state index is 12.0. The minimum Gasteiger partial charge on any atom is -0.459 e. The van der Waals surface area contributed by atoms with Gasteiger partial charge in [0.25, 0.3) is 0 Å². The van der Waals surface area contributed by atoms with Gasteiger partial charge in [-0.05, 0) is 39.8 Å². The molecule has 1 unspecified atom stereocenters. The molecule has 116 valence electrons. The second-order valence-corrected chi connectivity index (χ2v) is 6.95. The van der Waals surface area contributed by atoms with E-state index in [1.54, 1.807) is 31.2 Å². The number of rotatable bonds is 5. The largest absolute Gasteiger partial charge is 0.459 e. The van der Waals surface area contributed by atoms with Crippen molar-refractivity contribution in [3.63, 3.8) is 0 Å². The molecule has 0 spiro atoms. The van der Waals surface area contributed by atoms with Gasteiger partial charge in [0.15, 0.2) is 0 Å². The number of hydrogen-bond donors (Lipinski definition) is 2. The van der Waals surface area contributed by atoms with E-state index in [-0.39, 0.29) is 22.9 Å². The van der Waals surface area contributed by atoms with Gasteiger partial charge in [0.05, 0.1) is 22.4 Å². The number of amides is 1. The lowest BCUT2D eigenvalue weighted by molar-refractivity contribution is -0.151. The Balaban J connectivity index is 2.45. The van der Waals surface area contributed by atoms with E-state index in [0.29, 0.717) is 11.4 Å². The van der Waals surface area contributed by atoms with Crippen molar-refractivity contribution in [2.75, 3.05) is 16.8 Å². The zero-order chi connectivity index (χ0) is 16.0. The maximum Gasteiger partial charge on any atom is 0.316 e. The molecule has 0 radical (unpaired) electrons. The first kappa shape index (κ1) is 17.4. The van der Waals surface area contributed by atoms with E-state index in [9.17, 15) is 9.59 Å². The molecule has 0 saturated heterocycles. The Morgan fingerprint density at radius 1 is 1.33 bits per heavy atom. The van der Waals surface area contributed by atoms with Gasteiger partial charge in [-0.25, -0.2) is 0 Å². The summed E-state index contributed by atoms with van der Waals surface area (Å²) in [5, 5.41) is 2.37. The van der Waals surface area contributed by atoms with Crippen molar-refractivity contribution in [2.45, 2.75) is 38.5 Å². The number of para-hydroxylation sites is 2. The summed E-state index contributed by atoms with van der Waals surface area (Å²) < 4.78 is 5.19. The Morgan fingerprint density at radius 3 is 2.52 bits per heavy atom. The van der Waals surface area contributed by atoms with Gasteiger partial charge in [0.2, 0.25) is 5.91 Å². The molecule has 21 heavy (non-hydrogen) atoms. The topological polar surface area (TPSA) is 81.4 Å².